The van der Waals surface area contributed by atoms with E-state index in [9.17, 15) is 0 Å². The van der Waals surface area contributed by atoms with Crippen LogP contribution in [-0.4, -0.2) is 24.1 Å². The highest BCUT2D eigenvalue weighted by Crippen LogP contribution is 2.41. The molecule has 0 aliphatic carbocycles. The van der Waals surface area contributed by atoms with E-state index >= 15 is 0 Å². The third-order valence-electron chi connectivity index (χ3n) is 13.2. The quantitative estimate of drug-likeness (QED) is 0.153. The van der Waals surface area contributed by atoms with Gasteiger partial charge in [0.05, 0.1) is 33.4 Å². The monoisotopic (exact) mass is 867 g/mol. The smallest absolute Gasteiger partial charge is 0.164 e. The van der Waals surface area contributed by atoms with Crippen LogP contribution in [0.15, 0.2) is 249 Å². The van der Waals surface area contributed by atoms with Gasteiger partial charge in [0.15, 0.2) is 17.5 Å². The van der Waals surface area contributed by atoms with Gasteiger partial charge in [0.2, 0.25) is 0 Å². The second kappa shape index (κ2) is 16.4. The third kappa shape index (κ3) is 6.68. The summed E-state index contributed by atoms with van der Waals surface area (Å²) in [5.74, 6) is 1.81. The van der Waals surface area contributed by atoms with Crippen molar-refractivity contribution >= 4 is 43.6 Å². The molecular formula is C63H41N5. The second-order valence-corrected chi connectivity index (χ2v) is 17.2. The van der Waals surface area contributed by atoms with Crippen LogP contribution in [0.4, 0.5) is 0 Å². The van der Waals surface area contributed by atoms with Crippen molar-refractivity contribution in [3.8, 4) is 78.9 Å². The summed E-state index contributed by atoms with van der Waals surface area (Å²) in [5.41, 5.74) is 16.2. The maximum Gasteiger partial charge on any atom is 0.164 e. The maximum atomic E-state index is 5.35. The molecule has 0 aliphatic rings. The number of hydrogen-bond acceptors (Lipinski definition) is 3. The standard InChI is InChI=1S/C63H41N5/c1-4-19-42(20-5-1)45-35-37-60(68-57-33-16-12-29-51(57)52-30-13-17-34-58(52)68)54(40-45)46-25-18-26-47(39-46)62-64-61(44-23-8-3-9-24-44)65-63(66-62)48-36-38-59(53(41-48)43-21-6-2-7-22-43)67-55-31-14-10-27-49(55)50-28-11-15-32-56(50)67/h1-41H. The van der Waals surface area contributed by atoms with Gasteiger partial charge >= 0.3 is 0 Å². The molecule has 0 bridgehead atoms. The van der Waals surface area contributed by atoms with Crippen LogP contribution in [0.5, 0.6) is 0 Å². The molecule has 0 amide bonds. The Morgan fingerprint density at radius 2 is 0.559 bits per heavy atom. The minimum atomic E-state index is 0.598. The first-order chi connectivity index (χ1) is 33.7. The minimum absolute atomic E-state index is 0.598. The van der Waals surface area contributed by atoms with Crippen LogP contribution in [0, 0.1) is 0 Å². The number of rotatable bonds is 8. The minimum Gasteiger partial charge on any atom is -0.309 e. The molecule has 0 N–H and O–H groups in total. The summed E-state index contributed by atoms with van der Waals surface area (Å²) >= 11 is 0. The third-order valence-corrected chi connectivity index (χ3v) is 13.2. The lowest BCUT2D eigenvalue weighted by molar-refractivity contribution is 1.07. The van der Waals surface area contributed by atoms with Crippen LogP contribution in [0.25, 0.3) is 123 Å². The highest BCUT2D eigenvalue weighted by Gasteiger charge is 2.21. The number of benzene rings is 10. The van der Waals surface area contributed by atoms with Crippen LogP contribution in [0.3, 0.4) is 0 Å². The van der Waals surface area contributed by atoms with Gasteiger partial charge in [0.25, 0.3) is 0 Å². The van der Waals surface area contributed by atoms with Crippen molar-refractivity contribution in [3.63, 3.8) is 0 Å². The Labute approximate surface area is 393 Å². The van der Waals surface area contributed by atoms with E-state index in [1.54, 1.807) is 0 Å². The number of aromatic nitrogens is 5. The first kappa shape index (κ1) is 39.2. The van der Waals surface area contributed by atoms with Crippen LogP contribution in [0.1, 0.15) is 0 Å². The Kier molecular flexibility index (Phi) is 9.43. The topological polar surface area (TPSA) is 48.5 Å². The molecule has 0 saturated heterocycles. The zero-order valence-corrected chi connectivity index (χ0v) is 36.9. The van der Waals surface area contributed by atoms with Gasteiger partial charge < -0.3 is 9.13 Å². The van der Waals surface area contributed by atoms with Gasteiger partial charge in [-0.25, -0.2) is 15.0 Å². The molecule has 3 aromatic heterocycles. The van der Waals surface area contributed by atoms with E-state index in [2.05, 4.69) is 240 Å². The van der Waals surface area contributed by atoms with Gasteiger partial charge in [-0.15, -0.1) is 0 Å². The van der Waals surface area contributed by atoms with E-state index in [1.807, 2.05) is 18.2 Å². The van der Waals surface area contributed by atoms with Crippen LogP contribution in [-0.2, 0) is 0 Å². The summed E-state index contributed by atoms with van der Waals surface area (Å²) in [6.07, 6.45) is 0. The Balaban J connectivity index is 1.01. The fourth-order valence-corrected chi connectivity index (χ4v) is 10.0. The normalized spacial score (nSPS) is 11.5. The molecule has 318 valence electrons. The second-order valence-electron chi connectivity index (χ2n) is 17.2. The molecule has 0 unspecified atom stereocenters. The zero-order valence-electron chi connectivity index (χ0n) is 36.9. The highest BCUT2D eigenvalue weighted by atomic mass is 15.0. The van der Waals surface area contributed by atoms with Crippen molar-refractivity contribution in [2.75, 3.05) is 0 Å². The average molecular weight is 868 g/mol. The molecule has 0 aliphatic heterocycles. The van der Waals surface area contributed by atoms with Gasteiger partial charge in [-0.05, 0) is 82.9 Å². The Morgan fingerprint density at radius 1 is 0.221 bits per heavy atom. The molecule has 3 heterocycles. The number of fused-ring (bicyclic) bond motifs is 6. The molecule has 68 heavy (non-hydrogen) atoms. The van der Waals surface area contributed by atoms with E-state index in [4.69, 9.17) is 15.0 Å². The van der Waals surface area contributed by atoms with Crippen molar-refractivity contribution in [1.82, 2.24) is 24.1 Å². The first-order valence-electron chi connectivity index (χ1n) is 23.0. The summed E-state index contributed by atoms with van der Waals surface area (Å²) in [4.78, 5) is 15.8. The van der Waals surface area contributed by atoms with Gasteiger partial charge in [0.1, 0.15) is 0 Å². The molecular weight excluding hydrogens is 827 g/mol. The van der Waals surface area contributed by atoms with Crippen molar-refractivity contribution in [1.29, 1.82) is 0 Å². The van der Waals surface area contributed by atoms with Crippen LogP contribution >= 0.6 is 0 Å². The lowest BCUT2D eigenvalue weighted by Crippen LogP contribution is -2.02. The van der Waals surface area contributed by atoms with Gasteiger partial charge in [-0.3, -0.25) is 0 Å². The zero-order chi connectivity index (χ0) is 45.0. The lowest BCUT2D eigenvalue weighted by atomic mass is 9.96. The Morgan fingerprint density at radius 3 is 1.06 bits per heavy atom. The van der Waals surface area contributed by atoms with Crippen molar-refractivity contribution < 1.29 is 0 Å². The molecule has 0 fully saturated rings. The molecule has 0 spiro atoms. The molecule has 10 aromatic carbocycles. The summed E-state index contributed by atoms with van der Waals surface area (Å²) < 4.78 is 4.79. The van der Waals surface area contributed by atoms with E-state index in [0.717, 1.165) is 83.5 Å². The lowest BCUT2D eigenvalue weighted by Gasteiger charge is -2.17. The fraction of sp³-hybridized carbons (Fsp3) is 0. The molecule has 5 nitrogen and oxygen atoms in total. The Bertz CT molecular complexity index is 3910. The van der Waals surface area contributed by atoms with Gasteiger partial charge in [0, 0.05) is 49.4 Å². The highest BCUT2D eigenvalue weighted by molar-refractivity contribution is 6.11. The fourth-order valence-electron chi connectivity index (χ4n) is 10.0. The molecule has 13 rings (SSSR count). The largest absolute Gasteiger partial charge is 0.309 e. The van der Waals surface area contributed by atoms with Crippen molar-refractivity contribution in [2.24, 2.45) is 0 Å². The van der Waals surface area contributed by atoms with E-state index in [-0.39, 0.29) is 0 Å². The summed E-state index contributed by atoms with van der Waals surface area (Å²) in [6, 6.07) is 88.2. The van der Waals surface area contributed by atoms with E-state index in [1.165, 1.54) is 21.5 Å². The van der Waals surface area contributed by atoms with Crippen LogP contribution in [0.2, 0.25) is 0 Å². The van der Waals surface area contributed by atoms with E-state index < -0.39 is 0 Å². The predicted molar refractivity (Wildman–Crippen MR) is 281 cm³/mol. The summed E-state index contributed by atoms with van der Waals surface area (Å²) in [6.45, 7) is 0. The summed E-state index contributed by atoms with van der Waals surface area (Å²) in [5, 5.41) is 4.88. The number of nitrogens with zero attached hydrogens (tertiary/aromatic N) is 5. The molecule has 13 aromatic rings. The summed E-state index contributed by atoms with van der Waals surface area (Å²) in [7, 11) is 0. The Hall–Kier alpha value is -9.19. The van der Waals surface area contributed by atoms with Crippen molar-refractivity contribution in [2.45, 2.75) is 0 Å². The van der Waals surface area contributed by atoms with E-state index in [0.29, 0.717) is 17.5 Å². The van der Waals surface area contributed by atoms with Crippen LogP contribution < -0.4 is 0 Å². The molecule has 5 heteroatoms. The maximum absolute atomic E-state index is 5.35. The number of para-hydroxylation sites is 4. The number of hydrogen-bond donors (Lipinski definition) is 0. The van der Waals surface area contributed by atoms with Gasteiger partial charge in [-0.2, -0.15) is 0 Å². The molecule has 0 atom stereocenters. The first-order valence-corrected chi connectivity index (χ1v) is 23.0. The van der Waals surface area contributed by atoms with Crippen molar-refractivity contribution in [3.05, 3.63) is 249 Å². The molecule has 0 radical (unpaired) electrons. The molecule has 0 saturated carbocycles. The SMILES string of the molecule is c1ccc(-c2ccc(-n3c4ccccc4c4ccccc43)c(-c3cccc(-c4nc(-c5ccccc5)nc(-c5ccc(-n6c7ccccc7c7ccccc76)c(-c6ccccc6)c5)n4)c3)c2)cc1. The average Bonchev–Trinajstić information content (AvgIpc) is 3.94. The van der Waals surface area contributed by atoms with Gasteiger partial charge in [-0.1, -0.05) is 188 Å². The predicted octanol–water partition coefficient (Wildman–Crippen LogP) is 16.1.